The van der Waals surface area contributed by atoms with Crippen molar-refractivity contribution in [3.05, 3.63) is 63.7 Å². The molecule has 0 unspecified atom stereocenters. The number of anilines is 3. The van der Waals surface area contributed by atoms with E-state index in [1.807, 2.05) is 0 Å². The molecule has 2 aromatic carbocycles. The van der Waals surface area contributed by atoms with Crippen molar-refractivity contribution in [3.63, 3.8) is 0 Å². The van der Waals surface area contributed by atoms with Crippen LogP contribution in [-0.4, -0.2) is 78.6 Å². The van der Waals surface area contributed by atoms with Gasteiger partial charge < -0.3 is 24.0 Å². The first-order chi connectivity index (χ1) is 19.5. The monoisotopic (exact) mass is 548 g/mol. The molecule has 14 nitrogen and oxygen atoms in total. The van der Waals surface area contributed by atoms with Crippen LogP contribution in [0.25, 0.3) is 0 Å². The minimum absolute atomic E-state index is 0.117. The molecule has 5 rings (SSSR count). The molecule has 1 aromatic heterocycles. The number of methoxy groups -OCH3 is 1. The number of hydrogen-bond donors (Lipinski definition) is 1. The summed E-state index contributed by atoms with van der Waals surface area (Å²) in [5.74, 6) is 1.36. The van der Waals surface area contributed by atoms with E-state index in [0.717, 1.165) is 25.9 Å². The predicted octanol–water partition coefficient (Wildman–Crippen LogP) is 2.89. The van der Waals surface area contributed by atoms with E-state index in [2.05, 4.69) is 35.3 Å². The SMILES string of the molecule is COc1cc(/C=N\Nc2nc(N3CCCC3)nc(N3CCOCC3)n2)ccc1OC(=O)c1ccc([N+](=O)[O-])cc1. The van der Waals surface area contributed by atoms with Crippen LogP contribution in [0.15, 0.2) is 47.6 Å². The Hall–Kier alpha value is -4.85. The van der Waals surface area contributed by atoms with Crippen LogP contribution in [0.1, 0.15) is 28.8 Å². The van der Waals surface area contributed by atoms with Gasteiger partial charge >= 0.3 is 5.97 Å². The van der Waals surface area contributed by atoms with Crippen molar-refractivity contribution in [2.45, 2.75) is 12.8 Å². The minimum atomic E-state index is -0.670. The van der Waals surface area contributed by atoms with Gasteiger partial charge in [0.2, 0.25) is 17.8 Å². The normalized spacial score (nSPS) is 15.3. The molecule has 0 bridgehead atoms. The Morgan fingerprint density at radius 3 is 2.33 bits per heavy atom. The Labute approximate surface area is 229 Å². The first-order valence-electron chi connectivity index (χ1n) is 12.8. The molecule has 208 valence electrons. The van der Waals surface area contributed by atoms with E-state index in [9.17, 15) is 14.9 Å². The van der Waals surface area contributed by atoms with Crippen molar-refractivity contribution in [3.8, 4) is 11.5 Å². The van der Waals surface area contributed by atoms with E-state index in [0.29, 0.717) is 55.5 Å². The molecule has 1 N–H and O–H groups in total. The number of nitro benzene ring substituents is 1. The highest BCUT2D eigenvalue weighted by atomic mass is 16.6. The summed E-state index contributed by atoms with van der Waals surface area (Å²) in [7, 11) is 1.45. The van der Waals surface area contributed by atoms with Crippen molar-refractivity contribution in [2.24, 2.45) is 5.10 Å². The van der Waals surface area contributed by atoms with E-state index >= 15 is 0 Å². The number of ether oxygens (including phenoxy) is 3. The zero-order valence-corrected chi connectivity index (χ0v) is 21.9. The Kier molecular flexibility index (Phi) is 8.25. The predicted molar refractivity (Wildman–Crippen MR) is 147 cm³/mol. The molecular weight excluding hydrogens is 520 g/mol. The van der Waals surface area contributed by atoms with E-state index in [1.54, 1.807) is 24.4 Å². The number of carbonyl (C=O) groups is 1. The van der Waals surface area contributed by atoms with Crippen molar-refractivity contribution >= 4 is 35.7 Å². The Morgan fingerprint density at radius 2 is 1.68 bits per heavy atom. The summed E-state index contributed by atoms with van der Waals surface area (Å²) >= 11 is 0. The molecule has 0 radical (unpaired) electrons. The molecule has 3 heterocycles. The third-order valence-corrected chi connectivity index (χ3v) is 6.38. The van der Waals surface area contributed by atoms with Gasteiger partial charge in [-0.1, -0.05) is 0 Å². The largest absolute Gasteiger partial charge is 0.493 e. The van der Waals surface area contributed by atoms with Gasteiger partial charge in [0, 0.05) is 38.3 Å². The van der Waals surface area contributed by atoms with E-state index < -0.39 is 10.9 Å². The van der Waals surface area contributed by atoms with Crippen molar-refractivity contribution < 1.29 is 23.9 Å². The third-order valence-electron chi connectivity index (χ3n) is 6.38. The van der Waals surface area contributed by atoms with Gasteiger partial charge in [0.15, 0.2) is 11.5 Å². The topological polar surface area (TPSA) is 157 Å². The van der Waals surface area contributed by atoms with Gasteiger partial charge in [-0.15, -0.1) is 0 Å². The van der Waals surface area contributed by atoms with Gasteiger partial charge in [-0.3, -0.25) is 10.1 Å². The molecule has 0 atom stereocenters. The van der Waals surface area contributed by atoms with Crippen LogP contribution in [0.3, 0.4) is 0 Å². The summed E-state index contributed by atoms with van der Waals surface area (Å²) in [4.78, 5) is 40.9. The van der Waals surface area contributed by atoms with Crippen LogP contribution < -0.4 is 24.7 Å². The molecule has 0 saturated carbocycles. The summed E-state index contributed by atoms with van der Waals surface area (Å²) in [6.07, 6.45) is 3.76. The van der Waals surface area contributed by atoms with Gasteiger partial charge in [-0.05, 0) is 48.7 Å². The van der Waals surface area contributed by atoms with Crippen LogP contribution in [0.5, 0.6) is 11.5 Å². The van der Waals surface area contributed by atoms with Gasteiger partial charge in [0.05, 0.1) is 37.0 Å². The molecular formula is C26H28N8O6. The van der Waals surface area contributed by atoms with Crippen molar-refractivity contribution in [1.29, 1.82) is 0 Å². The standard InChI is InChI=1S/C26H28N8O6/c1-38-22-16-18(4-9-21(22)40-23(35)19-5-7-20(8-6-19)34(36)37)17-27-31-24-28-25(32-10-2-3-11-32)30-26(29-24)33-12-14-39-15-13-33/h4-9,16-17H,2-3,10-15H2,1H3,(H,28,29,30,31)/b27-17-. The number of carbonyl (C=O) groups excluding carboxylic acids is 1. The maximum Gasteiger partial charge on any atom is 0.343 e. The molecule has 2 aliphatic heterocycles. The van der Waals surface area contributed by atoms with Crippen LogP contribution in [0.2, 0.25) is 0 Å². The van der Waals surface area contributed by atoms with Crippen LogP contribution in [0, 0.1) is 10.1 Å². The number of hydrazone groups is 1. The number of aromatic nitrogens is 3. The first-order valence-corrected chi connectivity index (χ1v) is 12.8. The first kappa shape index (κ1) is 26.7. The second-order valence-electron chi connectivity index (χ2n) is 9.03. The fourth-order valence-corrected chi connectivity index (χ4v) is 4.26. The molecule has 0 amide bonds. The maximum absolute atomic E-state index is 12.5. The van der Waals surface area contributed by atoms with Crippen molar-refractivity contribution in [2.75, 3.05) is 61.7 Å². The molecule has 2 fully saturated rings. The van der Waals surface area contributed by atoms with Crippen molar-refractivity contribution in [1.82, 2.24) is 15.0 Å². The smallest absolute Gasteiger partial charge is 0.343 e. The molecule has 14 heteroatoms. The highest BCUT2D eigenvalue weighted by molar-refractivity contribution is 5.92. The quantitative estimate of drug-likeness (QED) is 0.137. The number of rotatable bonds is 9. The van der Waals surface area contributed by atoms with Gasteiger partial charge in [0.25, 0.3) is 5.69 Å². The molecule has 0 spiro atoms. The second kappa shape index (κ2) is 12.3. The summed E-state index contributed by atoms with van der Waals surface area (Å²) in [5.41, 5.74) is 3.62. The second-order valence-corrected chi connectivity index (χ2v) is 9.03. The number of hydrogen-bond acceptors (Lipinski definition) is 13. The van der Waals surface area contributed by atoms with Crippen LogP contribution in [-0.2, 0) is 4.74 Å². The summed E-state index contributed by atoms with van der Waals surface area (Å²) in [5, 5.41) is 15.1. The minimum Gasteiger partial charge on any atom is -0.493 e. The molecule has 2 saturated heterocycles. The summed E-state index contributed by atoms with van der Waals surface area (Å²) in [6.45, 7) is 4.44. The van der Waals surface area contributed by atoms with Gasteiger partial charge in [-0.25, -0.2) is 10.2 Å². The summed E-state index contributed by atoms with van der Waals surface area (Å²) in [6, 6.07) is 10.1. The maximum atomic E-state index is 12.5. The summed E-state index contributed by atoms with van der Waals surface area (Å²) < 4.78 is 16.3. The Morgan fingerprint density at radius 1 is 1.00 bits per heavy atom. The lowest BCUT2D eigenvalue weighted by Crippen LogP contribution is -2.38. The molecule has 2 aliphatic rings. The lowest BCUT2D eigenvalue weighted by Gasteiger charge is -2.27. The zero-order valence-electron chi connectivity index (χ0n) is 21.9. The van der Waals surface area contributed by atoms with Crippen LogP contribution in [0.4, 0.5) is 23.5 Å². The average Bonchev–Trinajstić information content (AvgIpc) is 3.53. The van der Waals surface area contributed by atoms with Crippen LogP contribution >= 0.6 is 0 Å². The van der Waals surface area contributed by atoms with Gasteiger partial charge in [0.1, 0.15) is 0 Å². The number of nitro groups is 1. The number of non-ortho nitro benzene ring substituents is 1. The molecule has 3 aromatic rings. The number of morpholine rings is 1. The zero-order chi connectivity index (χ0) is 27.9. The molecule has 40 heavy (non-hydrogen) atoms. The van der Waals surface area contributed by atoms with E-state index in [1.165, 1.54) is 31.4 Å². The lowest BCUT2D eigenvalue weighted by molar-refractivity contribution is -0.384. The highest BCUT2D eigenvalue weighted by Gasteiger charge is 2.21. The fraction of sp³-hybridized carbons (Fsp3) is 0.346. The van der Waals surface area contributed by atoms with Gasteiger partial charge in [-0.2, -0.15) is 20.1 Å². The number of nitrogens with zero attached hydrogens (tertiary/aromatic N) is 7. The average molecular weight is 549 g/mol. The Bertz CT molecular complexity index is 1390. The Balaban J connectivity index is 1.28. The highest BCUT2D eigenvalue weighted by Crippen LogP contribution is 2.29. The fourth-order valence-electron chi connectivity index (χ4n) is 4.26. The number of benzene rings is 2. The molecule has 0 aliphatic carbocycles. The number of esters is 1. The third kappa shape index (κ3) is 6.40. The van der Waals surface area contributed by atoms with E-state index in [-0.39, 0.29) is 17.0 Å². The lowest BCUT2D eigenvalue weighted by atomic mass is 10.2. The van der Waals surface area contributed by atoms with E-state index in [4.69, 9.17) is 14.2 Å². The number of nitrogens with one attached hydrogen (secondary N) is 1.